The maximum absolute atomic E-state index is 12.8. The SMILES string of the molecule is CN(CCCC(=O)Nc1ncnc2c1ncn2[C@H]1CC[C@@H](CO[P+](O)(O)OCCC#N)O1)C(=O)OCC1c2ccccc2-c2ccccc21. The van der Waals surface area contributed by atoms with E-state index in [1.165, 1.54) is 11.2 Å². The van der Waals surface area contributed by atoms with Crippen LogP contribution in [0.5, 0.6) is 0 Å². The number of hydrogen-bond acceptors (Lipinski definition) is 12. The van der Waals surface area contributed by atoms with Crippen molar-refractivity contribution in [1.29, 1.82) is 5.26 Å². The van der Waals surface area contributed by atoms with Crippen LogP contribution in [0.1, 0.15) is 55.4 Å². The van der Waals surface area contributed by atoms with Crippen LogP contribution in [0, 0.1) is 11.3 Å². The Morgan fingerprint density at radius 1 is 1.06 bits per heavy atom. The maximum Gasteiger partial charge on any atom is 0.570 e. The fourth-order valence-electron chi connectivity index (χ4n) is 6.06. The lowest BCUT2D eigenvalue weighted by atomic mass is 9.98. The Morgan fingerprint density at radius 3 is 2.53 bits per heavy atom. The lowest BCUT2D eigenvalue weighted by Crippen LogP contribution is -2.30. The van der Waals surface area contributed by atoms with E-state index in [1.54, 1.807) is 17.9 Å². The number of benzene rings is 2. The summed E-state index contributed by atoms with van der Waals surface area (Å²) in [5.74, 6) is -0.0716. The van der Waals surface area contributed by atoms with Crippen molar-refractivity contribution < 1.29 is 37.9 Å². The van der Waals surface area contributed by atoms with Gasteiger partial charge in [0, 0.05) is 25.9 Å². The van der Waals surface area contributed by atoms with Gasteiger partial charge in [-0.05, 0) is 41.5 Å². The average Bonchev–Trinajstić information content (AvgIpc) is 3.83. The van der Waals surface area contributed by atoms with Gasteiger partial charge in [-0.25, -0.2) is 19.7 Å². The average molecular weight is 691 g/mol. The van der Waals surface area contributed by atoms with Crippen LogP contribution >= 0.6 is 8.17 Å². The van der Waals surface area contributed by atoms with Crippen LogP contribution in [0.3, 0.4) is 0 Å². The van der Waals surface area contributed by atoms with Gasteiger partial charge in [0.1, 0.15) is 32.4 Å². The normalized spacial score (nSPS) is 17.0. The molecule has 2 aliphatic rings. The van der Waals surface area contributed by atoms with Crippen molar-refractivity contribution in [2.24, 2.45) is 0 Å². The summed E-state index contributed by atoms with van der Waals surface area (Å²) in [6.45, 7) is 0.289. The molecule has 0 bridgehead atoms. The van der Waals surface area contributed by atoms with Crippen LogP contribution < -0.4 is 5.32 Å². The summed E-state index contributed by atoms with van der Waals surface area (Å²) in [5, 5.41) is 11.4. The minimum absolute atomic E-state index is 0.00718. The third-order valence-corrected chi connectivity index (χ3v) is 9.46. The molecule has 0 spiro atoms. The zero-order valence-electron chi connectivity index (χ0n) is 26.8. The van der Waals surface area contributed by atoms with Gasteiger partial charge in [0.05, 0.1) is 24.9 Å². The number of amides is 2. The van der Waals surface area contributed by atoms with Crippen molar-refractivity contribution in [3.05, 3.63) is 72.3 Å². The number of fused-ring (bicyclic) bond motifs is 4. The molecule has 1 aliphatic heterocycles. The van der Waals surface area contributed by atoms with Gasteiger partial charge in [-0.3, -0.25) is 9.36 Å². The molecule has 2 amide bonds. The summed E-state index contributed by atoms with van der Waals surface area (Å²) >= 11 is 0. The zero-order valence-corrected chi connectivity index (χ0v) is 27.7. The second-order valence-corrected chi connectivity index (χ2v) is 13.2. The Labute approximate surface area is 283 Å². The summed E-state index contributed by atoms with van der Waals surface area (Å²) in [4.78, 5) is 59.8. The number of nitrogens with one attached hydrogen (secondary N) is 1. The number of hydrogen-bond donors (Lipinski definition) is 3. The van der Waals surface area contributed by atoms with Gasteiger partial charge in [-0.1, -0.05) is 48.5 Å². The number of rotatable bonds is 14. The van der Waals surface area contributed by atoms with Gasteiger partial charge in [0.25, 0.3) is 0 Å². The van der Waals surface area contributed by atoms with Crippen molar-refractivity contribution in [1.82, 2.24) is 24.4 Å². The van der Waals surface area contributed by atoms with Gasteiger partial charge in [0.15, 0.2) is 17.0 Å². The summed E-state index contributed by atoms with van der Waals surface area (Å²) in [5.41, 5.74) is 5.44. The van der Waals surface area contributed by atoms with E-state index in [2.05, 4.69) is 44.5 Å². The highest BCUT2D eigenvalue weighted by Gasteiger charge is 2.41. The molecular formula is C33H37N7O8P+. The largest absolute Gasteiger partial charge is 0.570 e. The molecule has 15 nitrogen and oxygen atoms in total. The topological polar surface area (TPSA) is 194 Å². The zero-order chi connectivity index (χ0) is 34.4. The summed E-state index contributed by atoms with van der Waals surface area (Å²) in [6, 6.07) is 18.2. The quantitative estimate of drug-likeness (QED) is 0.122. The Morgan fingerprint density at radius 2 is 1.80 bits per heavy atom. The highest BCUT2D eigenvalue weighted by molar-refractivity contribution is 7.54. The molecule has 2 aromatic carbocycles. The highest BCUT2D eigenvalue weighted by Crippen LogP contribution is 2.53. The second-order valence-electron chi connectivity index (χ2n) is 11.7. The van der Waals surface area contributed by atoms with Crippen LogP contribution in [0.25, 0.3) is 22.3 Å². The van der Waals surface area contributed by atoms with Gasteiger partial charge in [0.2, 0.25) is 5.91 Å². The number of anilines is 1. The molecule has 1 aliphatic carbocycles. The van der Waals surface area contributed by atoms with Crippen molar-refractivity contribution >= 4 is 37.2 Å². The molecule has 1 fully saturated rings. The third kappa shape index (κ3) is 8.02. The van der Waals surface area contributed by atoms with E-state index in [0.717, 1.165) is 22.3 Å². The Balaban J connectivity index is 0.960. The van der Waals surface area contributed by atoms with E-state index in [1.807, 2.05) is 30.3 Å². The Kier molecular flexibility index (Phi) is 10.7. The van der Waals surface area contributed by atoms with E-state index < -0.39 is 26.6 Å². The standard InChI is InChI=1S/C33H36N7O8P/c1-39(33(42)45-19-27-25-10-4-2-8-23(25)24-9-3-5-11-26(24)27)16-6-12-28(41)38-31-30-32(36-20-35-31)40(21-37-30)29-14-13-22(48-29)18-47-49(43,44)46-17-7-15-34/h2-5,8-11,20-22,27,29,43-44H,6-7,12-14,16-19H2,1H3/p+1/t22-,29+/m0/s1. The van der Waals surface area contributed by atoms with E-state index in [-0.39, 0.29) is 50.3 Å². The number of nitrogens with zero attached hydrogens (tertiary/aromatic N) is 6. The van der Waals surface area contributed by atoms with E-state index in [4.69, 9.17) is 23.8 Å². The second kappa shape index (κ2) is 15.3. The molecule has 0 radical (unpaired) electrons. The minimum atomic E-state index is -4.05. The lowest BCUT2D eigenvalue weighted by Gasteiger charge is -2.19. The number of carbonyl (C=O) groups is 2. The number of aromatic nitrogens is 4. The molecule has 49 heavy (non-hydrogen) atoms. The first-order chi connectivity index (χ1) is 23.7. The van der Waals surface area contributed by atoms with Gasteiger partial charge in [-0.2, -0.15) is 24.1 Å². The fourth-order valence-corrected chi connectivity index (χ4v) is 6.83. The molecule has 3 heterocycles. The van der Waals surface area contributed by atoms with Crippen molar-refractivity contribution in [3.8, 4) is 17.2 Å². The van der Waals surface area contributed by atoms with Crippen molar-refractivity contribution in [3.63, 3.8) is 0 Å². The maximum atomic E-state index is 12.8. The fraction of sp³-hybridized carbons (Fsp3) is 0.394. The van der Waals surface area contributed by atoms with Gasteiger partial charge < -0.3 is 19.7 Å². The van der Waals surface area contributed by atoms with Crippen LogP contribution in [0.15, 0.2) is 61.2 Å². The summed E-state index contributed by atoms with van der Waals surface area (Å²) in [7, 11) is -2.40. The van der Waals surface area contributed by atoms with E-state index in [9.17, 15) is 19.4 Å². The Bertz CT molecular complexity index is 1800. The summed E-state index contributed by atoms with van der Waals surface area (Å²) < 4.78 is 23.4. The van der Waals surface area contributed by atoms with E-state index in [0.29, 0.717) is 37.0 Å². The molecule has 256 valence electrons. The predicted molar refractivity (Wildman–Crippen MR) is 178 cm³/mol. The van der Waals surface area contributed by atoms with Crippen molar-refractivity contribution in [2.75, 3.05) is 38.7 Å². The predicted octanol–water partition coefficient (Wildman–Crippen LogP) is 4.71. The van der Waals surface area contributed by atoms with Gasteiger partial charge >= 0.3 is 14.3 Å². The molecular weight excluding hydrogens is 653 g/mol. The van der Waals surface area contributed by atoms with Crippen LogP contribution in [0.2, 0.25) is 0 Å². The van der Waals surface area contributed by atoms with Crippen molar-refractivity contribution in [2.45, 2.75) is 50.4 Å². The van der Waals surface area contributed by atoms with Crippen LogP contribution in [0.4, 0.5) is 10.6 Å². The Hall–Kier alpha value is -4.55. The molecule has 4 aromatic rings. The number of carbonyl (C=O) groups excluding carboxylic acids is 2. The first-order valence-electron chi connectivity index (χ1n) is 15.9. The van der Waals surface area contributed by atoms with Crippen LogP contribution in [-0.4, -0.2) is 85.7 Å². The summed E-state index contributed by atoms with van der Waals surface area (Å²) in [6.07, 6.45) is 3.24. The number of imidazole rings is 1. The number of nitriles is 1. The lowest BCUT2D eigenvalue weighted by molar-refractivity contribution is -0.116. The van der Waals surface area contributed by atoms with Gasteiger partial charge in [-0.15, -0.1) is 0 Å². The molecule has 2 atom stereocenters. The third-order valence-electron chi connectivity index (χ3n) is 8.46. The van der Waals surface area contributed by atoms with E-state index >= 15 is 0 Å². The molecule has 2 aromatic heterocycles. The molecule has 1 saturated heterocycles. The molecule has 6 rings (SSSR count). The molecule has 3 N–H and O–H groups in total. The first-order valence-corrected chi connectivity index (χ1v) is 17.5. The molecule has 0 saturated carbocycles. The molecule has 0 unspecified atom stereocenters. The monoisotopic (exact) mass is 690 g/mol. The first kappa shape index (κ1) is 34.3. The smallest absolute Gasteiger partial charge is 0.448 e. The minimum Gasteiger partial charge on any atom is -0.448 e. The van der Waals surface area contributed by atoms with Crippen LogP contribution in [-0.2, 0) is 23.3 Å². The number of ether oxygens (including phenoxy) is 2. The highest BCUT2D eigenvalue weighted by atomic mass is 31.2. The molecule has 16 heteroatoms.